The Morgan fingerprint density at radius 1 is 1.05 bits per heavy atom. The van der Waals surface area contributed by atoms with Crippen LogP contribution < -0.4 is 11.3 Å². The number of rotatable bonds is 3. The number of hydrogen-bond acceptors (Lipinski definition) is 3. The zero-order valence-electron chi connectivity index (χ0n) is 12.3. The van der Waals surface area contributed by atoms with Crippen molar-refractivity contribution in [2.75, 3.05) is 0 Å². The summed E-state index contributed by atoms with van der Waals surface area (Å²) in [6.07, 6.45) is 3.70. The van der Waals surface area contributed by atoms with E-state index in [2.05, 4.69) is 54.6 Å². The molecule has 3 rings (SSSR count). The number of pyridine rings is 1. The summed E-state index contributed by atoms with van der Waals surface area (Å²) in [6.45, 7) is 4.23. The summed E-state index contributed by atoms with van der Waals surface area (Å²) < 4.78 is 0. The van der Waals surface area contributed by atoms with Crippen LogP contribution in [0, 0.1) is 13.8 Å². The minimum Gasteiger partial charge on any atom is -0.271 e. The van der Waals surface area contributed by atoms with Gasteiger partial charge in [-0.2, -0.15) is 0 Å². The fourth-order valence-electron chi connectivity index (χ4n) is 2.90. The van der Waals surface area contributed by atoms with Crippen molar-refractivity contribution in [3.8, 4) is 0 Å². The van der Waals surface area contributed by atoms with Crippen LogP contribution in [-0.4, -0.2) is 4.98 Å². The Bertz CT molecular complexity index is 775. The number of aryl methyl sites for hydroxylation is 2. The molecule has 0 fully saturated rings. The lowest BCUT2D eigenvalue weighted by atomic mass is 9.91. The second kappa shape index (κ2) is 5.64. The van der Waals surface area contributed by atoms with Crippen molar-refractivity contribution in [3.05, 3.63) is 77.1 Å². The monoisotopic (exact) mass is 277 g/mol. The first-order valence-corrected chi connectivity index (χ1v) is 7.06. The number of nitrogens with one attached hydrogen (secondary N) is 1. The zero-order chi connectivity index (χ0) is 14.8. The van der Waals surface area contributed by atoms with Crippen LogP contribution in [0.1, 0.15) is 28.3 Å². The Kier molecular flexibility index (Phi) is 3.69. The number of nitrogens with zero attached hydrogens (tertiary/aromatic N) is 1. The van der Waals surface area contributed by atoms with E-state index in [9.17, 15) is 0 Å². The molecule has 0 amide bonds. The van der Waals surface area contributed by atoms with Crippen LogP contribution in [0.5, 0.6) is 0 Å². The highest BCUT2D eigenvalue weighted by molar-refractivity contribution is 5.85. The highest BCUT2D eigenvalue weighted by Crippen LogP contribution is 2.30. The van der Waals surface area contributed by atoms with E-state index in [0.29, 0.717) is 0 Å². The van der Waals surface area contributed by atoms with Crippen LogP contribution in [0.4, 0.5) is 0 Å². The first kappa shape index (κ1) is 13.7. The molecule has 21 heavy (non-hydrogen) atoms. The van der Waals surface area contributed by atoms with Crippen LogP contribution in [0.25, 0.3) is 10.8 Å². The van der Waals surface area contributed by atoms with Gasteiger partial charge in [-0.1, -0.05) is 42.0 Å². The average Bonchev–Trinajstić information content (AvgIpc) is 2.50. The molecule has 0 aliphatic heterocycles. The van der Waals surface area contributed by atoms with Gasteiger partial charge in [0.1, 0.15) is 0 Å². The summed E-state index contributed by atoms with van der Waals surface area (Å²) in [4.78, 5) is 4.19. The first-order valence-electron chi connectivity index (χ1n) is 7.06. The van der Waals surface area contributed by atoms with Gasteiger partial charge in [0.15, 0.2) is 0 Å². The molecule has 106 valence electrons. The van der Waals surface area contributed by atoms with Gasteiger partial charge in [0.25, 0.3) is 0 Å². The molecule has 1 aromatic heterocycles. The third-order valence-corrected chi connectivity index (χ3v) is 3.93. The minimum atomic E-state index is -0.0308. The van der Waals surface area contributed by atoms with Crippen LogP contribution in [0.15, 0.2) is 54.9 Å². The van der Waals surface area contributed by atoms with E-state index in [1.807, 2.05) is 24.5 Å². The number of hydrogen-bond donors (Lipinski definition) is 2. The van der Waals surface area contributed by atoms with Crippen molar-refractivity contribution in [1.29, 1.82) is 0 Å². The molecule has 0 radical (unpaired) electrons. The fraction of sp³-hybridized carbons (Fsp3) is 0.167. The third kappa shape index (κ3) is 2.53. The van der Waals surface area contributed by atoms with Crippen LogP contribution in [0.3, 0.4) is 0 Å². The van der Waals surface area contributed by atoms with E-state index in [-0.39, 0.29) is 6.04 Å². The maximum atomic E-state index is 5.87. The topological polar surface area (TPSA) is 50.9 Å². The first-order chi connectivity index (χ1) is 10.2. The van der Waals surface area contributed by atoms with Gasteiger partial charge in [0.05, 0.1) is 6.04 Å². The molecule has 3 N–H and O–H groups in total. The molecule has 3 heteroatoms. The largest absolute Gasteiger partial charge is 0.271 e. The van der Waals surface area contributed by atoms with Gasteiger partial charge in [-0.3, -0.25) is 10.8 Å². The highest BCUT2D eigenvalue weighted by Gasteiger charge is 2.16. The molecule has 1 unspecified atom stereocenters. The van der Waals surface area contributed by atoms with E-state index in [4.69, 9.17) is 5.84 Å². The van der Waals surface area contributed by atoms with E-state index >= 15 is 0 Å². The van der Waals surface area contributed by atoms with Gasteiger partial charge in [-0.15, -0.1) is 0 Å². The van der Waals surface area contributed by atoms with E-state index < -0.39 is 0 Å². The van der Waals surface area contributed by atoms with Crippen molar-refractivity contribution in [3.63, 3.8) is 0 Å². The summed E-state index contributed by atoms with van der Waals surface area (Å²) in [5, 5.41) is 2.30. The number of fused-ring (bicyclic) bond motifs is 1. The summed E-state index contributed by atoms with van der Waals surface area (Å²) in [5.74, 6) is 5.87. The second-order valence-corrected chi connectivity index (χ2v) is 5.40. The van der Waals surface area contributed by atoms with E-state index in [1.165, 1.54) is 27.6 Å². The number of hydrazine groups is 1. The molecule has 3 nitrogen and oxygen atoms in total. The Balaban J connectivity index is 2.18. The molecule has 1 atom stereocenters. The van der Waals surface area contributed by atoms with E-state index in [0.717, 1.165) is 5.39 Å². The van der Waals surface area contributed by atoms with Crippen molar-refractivity contribution in [2.24, 2.45) is 5.84 Å². The maximum absolute atomic E-state index is 5.87. The quantitative estimate of drug-likeness (QED) is 0.570. The van der Waals surface area contributed by atoms with Crippen LogP contribution >= 0.6 is 0 Å². The zero-order valence-corrected chi connectivity index (χ0v) is 12.3. The number of aromatic nitrogens is 1. The standard InChI is InChI=1S/C18H19N3/c1-12-6-7-15(13(2)10-12)18(21-19)17-5-3-4-14-11-20-9-8-16(14)17/h3-11,18,21H,19H2,1-2H3. The summed E-state index contributed by atoms with van der Waals surface area (Å²) in [7, 11) is 0. The minimum absolute atomic E-state index is 0.0308. The van der Waals surface area contributed by atoms with Crippen molar-refractivity contribution in [2.45, 2.75) is 19.9 Å². The molecule has 0 saturated carbocycles. The van der Waals surface area contributed by atoms with Gasteiger partial charge in [0.2, 0.25) is 0 Å². The predicted molar refractivity (Wildman–Crippen MR) is 86.8 cm³/mol. The molecular weight excluding hydrogens is 258 g/mol. The van der Waals surface area contributed by atoms with Crippen molar-refractivity contribution >= 4 is 10.8 Å². The highest BCUT2D eigenvalue weighted by atomic mass is 15.2. The van der Waals surface area contributed by atoms with Gasteiger partial charge in [0, 0.05) is 17.8 Å². The molecule has 0 bridgehead atoms. The predicted octanol–water partition coefficient (Wildman–Crippen LogP) is 3.40. The lowest BCUT2D eigenvalue weighted by Gasteiger charge is -2.21. The van der Waals surface area contributed by atoms with Crippen LogP contribution in [-0.2, 0) is 0 Å². The second-order valence-electron chi connectivity index (χ2n) is 5.40. The molecule has 0 aliphatic carbocycles. The summed E-state index contributed by atoms with van der Waals surface area (Å²) >= 11 is 0. The lowest BCUT2D eigenvalue weighted by Crippen LogP contribution is -2.29. The van der Waals surface area contributed by atoms with Gasteiger partial charge < -0.3 is 0 Å². The Morgan fingerprint density at radius 3 is 2.67 bits per heavy atom. The van der Waals surface area contributed by atoms with Gasteiger partial charge >= 0.3 is 0 Å². The Hall–Kier alpha value is -2.23. The van der Waals surface area contributed by atoms with E-state index in [1.54, 1.807) is 0 Å². The maximum Gasteiger partial charge on any atom is 0.0718 e. The summed E-state index contributed by atoms with van der Waals surface area (Å²) in [6, 6.07) is 14.7. The number of benzene rings is 2. The van der Waals surface area contributed by atoms with Gasteiger partial charge in [-0.25, -0.2) is 5.43 Å². The molecular formula is C18H19N3. The van der Waals surface area contributed by atoms with Crippen molar-refractivity contribution in [1.82, 2.24) is 10.4 Å². The van der Waals surface area contributed by atoms with Gasteiger partial charge in [-0.05, 0) is 42.0 Å². The SMILES string of the molecule is Cc1ccc(C(NN)c2cccc3cnccc23)c(C)c1. The summed E-state index contributed by atoms with van der Waals surface area (Å²) in [5.41, 5.74) is 7.84. The smallest absolute Gasteiger partial charge is 0.0718 e. The van der Waals surface area contributed by atoms with Crippen molar-refractivity contribution < 1.29 is 0 Å². The molecule has 0 saturated heterocycles. The fourth-order valence-corrected chi connectivity index (χ4v) is 2.90. The lowest BCUT2D eigenvalue weighted by molar-refractivity contribution is 0.637. The molecule has 1 heterocycles. The Morgan fingerprint density at radius 2 is 1.90 bits per heavy atom. The molecule has 0 aliphatic rings. The normalized spacial score (nSPS) is 12.5. The molecule has 2 aromatic carbocycles. The number of nitrogens with two attached hydrogens (primary N) is 1. The average molecular weight is 277 g/mol. The molecule has 0 spiro atoms. The molecule has 3 aromatic rings. The van der Waals surface area contributed by atoms with Crippen LogP contribution in [0.2, 0.25) is 0 Å². The Labute approximate surface area is 124 Å². The third-order valence-electron chi connectivity index (χ3n) is 3.93.